The third kappa shape index (κ3) is 0.931. The second-order valence-electron chi connectivity index (χ2n) is 1.27. The molecular weight excluding hydrogens is 78.1 g/mol. The lowest BCUT2D eigenvalue weighted by molar-refractivity contribution is 0.372. The van der Waals surface area contributed by atoms with E-state index >= 15 is 0 Å². The van der Waals surface area contributed by atoms with Crippen molar-refractivity contribution < 1.29 is 1.41 Å². The summed E-state index contributed by atoms with van der Waals surface area (Å²) in [5, 5.41) is 0. The minimum Gasteiger partial charge on any atom is -0.244 e. The van der Waals surface area contributed by atoms with Gasteiger partial charge in [-0.25, -0.2) is 10.8 Å². The Kier molecular flexibility index (Phi) is 1.05. The number of hydrazine groups is 2. The van der Waals surface area contributed by atoms with Gasteiger partial charge < -0.3 is 0 Å². The van der Waals surface area contributed by atoms with E-state index in [0.29, 0.717) is 0 Å². The first-order chi connectivity index (χ1) is 3.39. The van der Waals surface area contributed by atoms with E-state index in [1.807, 2.05) is 0 Å². The Labute approximate surface area is 38.5 Å². The predicted octanol–water partition coefficient (Wildman–Crippen LogP) is -1.01. The predicted molar refractivity (Wildman–Crippen MR) is 23.8 cm³/mol. The number of nitrogens with one attached hydrogen (secondary N) is 3. The van der Waals surface area contributed by atoms with Crippen molar-refractivity contribution in [1.29, 1.82) is 0 Å². The molecule has 1 heterocycles. The van der Waals surface area contributed by atoms with Crippen molar-refractivity contribution in [3.05, 3.63) is 0 Å². The maximum absolute atomic E-state index is 6.93. The van der Waals surface area contributed by atoms with Gasteiger partial charge in [-0.3, -0.25) is 0 Å². The fourth-order valence-electron chi connectivity index (χ4n) is 0.414. The average Bonchev–Trinajstić information content (AvgIpc) is 1.69. The van der Waals surface area contributed by atoms with Crippen LogP contribution in [0.2, 0.25) is 1.41 Å². The summed E-state index contributed by atoms with van der Waals surface area (Å²) in [4.78, 5) is 0. The van der Waals surface area contributed by atoms with E-state index < -0.39 is 0 Å². The number of hydrogen-bond donors (Lipinski definition) is 3. The van der Waals surface area contributed by atoms with Gasteiger partial charge in [-0.15, -0.1) is 0 Å². The summed E-state index contributed by atoms with van der Waals surface area (Å²) in [5.41, 5.74) is 6.74. The van der Waals surface area contributed by atoms with Gasteiger partial charge in [0, 0.05) is 13.1 Å². The Morgan fingerprint density at radius 2 is 2.50 bits per heavy atom. The smallest absolute Gasteiger partial charge is 0.143 e. The lowest BCUT2D eigenvalue weighted by Gasteiger charge is -2.12. The summed E-state index contributed by atoms with van der Waals surface area (Å²) in [6.07, 6.45) is 1.05. The van der Waals surface area contributed by atoms with E-state index in [0.717, 1.165) is 19.5 Å². The second-order valence-corrected chi connectivity index (χ2v) is 1.27. The SMILES string of the molecule is [2H]N1CCCNN1. The molecule has 6 heavy (non-hydrogen) atoms. The molecule has 1 rings (SSSR count). The normalized spacial score (nSPS) is 29.7. The molecule has 0 bridgehead atoms. The van der Waals surface area contributed by atoms with Crippen LogP contribution in [0.1, 0.15) is 6.42 Å². The molecule has 0 aliphatic carbocycles. The molecule has 0 atom stereocenters. The van der Waals surface area contributed by atoms with E-state index in [9.17, 15) is 0 Å². The van der Waals surface area contributed by atoms with Crippen LogP contribution >= 0.6 is 0 Å². The third-order valence-electron chi connectivity index (χ3n) is 0.730. The van der Waals surface area contributed by atoms with Crippen molar-refractivity contribution in [2.24, 2.45) is 0 Å². The van der Waals surface area contributed by atoms with Crippen LogP contribution in [-0.2, 0) is 0 Å². The van der Waals surface area contributed by atoms with E-state index in [1.165, 1.54) is 5.42 Å². The van der Waals surface area contributed by atoms with E-state index in [2.05, 4.69) is 11.0 Å². The van der Waals surface area contributed by atoms with Crippen molar-refractivity contribution in [3.8, 4) is 0 Å². The molecular formula is C3H9N3. The highest BCUT2D eigenvalue weighted by molar-refractivity contribution is 4.47. The maximum atomic E-state index is 6.93. The van der Waals surface area contributed by atoms with Crippen molar-refractivity contribution in [2.45, 2.75) is 6.42 Å². The minimum atomic E-state index is 0.812. The van der Waals surface area contributed by atoms with Gasteiger partial charge in [0.25, 0.3) is 0 Å². The molecule has 0 aromatic heterocycles. The van der Waals surface area contributed by atoms with Gasteiger partial charge >= 0.3 is 0 Å². The lowest BCUT2D eigenvalue weighted by atomic mass is 10.4. The van der Waals surface area contributed by atoms with Crippen molar-refractivity contribution >= 4 is 0 Å². The summed E-state index contributed by atoms with van der Waals surface area (Å²) in [6, 6.07) is 0. The van der Waals surface area contributed by atoms with Crippen LogP contribution in [0.4, 0.5) is 0 Å². The molecule has 1 aliphatic rings. The van der Waals surface area contributed by atoms with Crippen molar-refractivity contribution in [3.63, 3.8) is 0 Å². The Hall–Kier alpha value is -0.120. The standard InChI is InChI=1S/C3H9N3/c1-2-4-6-5-3-1/h4-6H,1-3H2/i/hD. The Morgan fingerprint density at radius 3 is 2.83 bits per heavy atom. The van der Waals surface area contributed by atoms with E-state index in [4.69, 9.17) is 1.41 Å². The zero-order valence-electron chi connectivity index (χ0n) is 4.57. The maximum Gasteiger partial charge on any atom is 0.143 e. The number of rotatable bonds is 0. The molecule has 3 heteroatoms. The van der Waals surface area contributed by atoms with Crippen molar-refractivity contribution in [2.75, 3.05) is 13.1 Å². The zero-order chi connectivity index (χ0) is 5.11. The quantitative estimate of drug-likeness (QED) is 0.355. The largest absolute Gasteiger partial charge is 0.244 e. The molecule has 0 unspecified atom stereocenters. The molecule has 0 amide bonds. The van der Waals surface area contributed by atoms with Crippen LogP contribution < -0.4 is 16.4 Å². The Morgan fingerprint density at radius 1 is 1.50 bits per heavy atom. The molecule has 1 aliphatic heterocycles. The molecule has 3 nitrogen and oxygen atoms in total. The van der Waals surface area contributed by atoms with Gasteiger partial charge in [0.1, 0.15) is 1.41 Å². The molecule has 0 spiro atoms. The fraction of sp³-hybridized carbons (Fsp3) is 1.00. The molecule has 1 saturated heterocycles. The van der Waals surface area contributed by atoms with E-state index in [-0.39, 0.29) is 0 Å². The van der Waals surface area contributed by atoms with Crippen LogP contribution in [0.25, 0.3) is 0 Å². The monoisotopic (exact) mass is 88.1 g/mol. The summed E-state index contributed by atoms with van der Waals surface area (Å²) < 4.78 is 6.93. The highest BCUT2D eigenvalue weighted by Gasteiger charge is 1.90. The van der Waals surface area contributed by atoms with Gasteiger partial charge in [0.2, 0.25) is 0 Å². The van der Waals surface area contributed by atoms with Crippen LogP contribution in [-0.4, -0.2) is 13.1 Å². The van der Waals surface area contributed by atoms with Crippen LogP contribution in [0, 0.1) is 0 Å². The fourth-order valence-corrected chi connectivity index (χ4v) is 0.414. The Balaban J connectivity index is 2.12. The van der Waals surface area contributed by atoms with Gasteiger partial charge in [-0.1, -0.05) is 0 Å². The second kappa shape index (κ2) is 2.12. The highest BCUT2D eigenvalue weighted by Crippen LogP contribution is 1.71. The number of hydrogen-bond acceptors (Lipinski definition) is 3. The van der Waals surface area contributed by atoms with Crippen LogP contribution in [0.15, 0.2) is 0 Å². The lowest BCUT2D eigenvalue weighted by Crippen LogP contribution is -2.49. The molecule has 3 N–H and O–H groups in total. The summed E-state index contributed by atoms with van der Waals surface area (Å²) in [6.45, 7) is 1.78. The molecule has 0 aromatic rings. The van der Waals surface area contributed by atoms with Gasteiger partial charge in [-0.2, -0.15) is 5.53 Å². The highest BCUT2D eigenvalue weighted by atomic mass is 15.6. The molecule has 36 valence electrons. The third-order valence-corrected chi connectivity index (χ3v) is 0.730. The average molecular weight is 88.1 g/mol. The van der Waals surface area contributed by atoms with Gasteiger partial charge in [-0.05, 0) is 6.42 Å². The van der Waals surface area contributed by atoms with Gasteiger partial charge in [0.15, 0.2) is 0 Å². The first-order valence-electron chi connectivity index (χ1n) is 2.59. The summed E-state index contributed by atoms with van der Waals surface area (Å²) in [5.74, 6) is 0. The van der Waals surface area contributed by atoms with Crippen LogP contribution in [0.3, 0.4) is 0 Å². The van der Waals surface area contributed by atoms with E-state index in [1.54, 1.807) is 0 Å². The van der Waals surface area contributed by atoms with Crippen molar-refractivity contribution in [1.82, 2.24) is 16.4 Å². The first kappa shape index (κ1) is 2.96. The summed E-state index contributed by atoms with van der Waals surface area (Å²) >= 11 is 0. The van der Waals surface area contributed by atoms with Gasteiger partial charge in [0.05, 0.1) is 0 Å². The van der Waals surface area contributed by atoms with Crippen LogP contribution in [0.5, 0.6) is 0 Å². The molecule has 1 fully saturated rings. The zero-order valence-corrected chi connectivity index (χ0v) is 3.57. The molecule has 0 radical (unpaired) electrons. The summed E-state index contributed by atoms with van der Waals surface area (Å²) in [7, 11) is 0. The molecule has 0 saturated carbocycles. The minimum absolute atomic E-state index is 0.812. The molecule has 0 aromatic carbocycles. The Bertz CT molecular complexity index is 52.1. The first-order valence-corrected chi connectivity index (χ1v) is 2.14. The topological polar surface area (TPSA) is 36.1 Å².